The van der Waals surface area contributed by atoms with Crippen LogP contribution < -0.4 is 5.32 Å². The van der Waals surface area contributed by atoms with Crippen LogP contribution in [0, 0.1) is 25.2 Å². The van der Waals surface area contributed by atoms with Gasteiger partial charge in [-0.2, -0.15) is 5.26 Å². The third-order valence-corrected chi connectivity index (χ3v) is 5.99. The van der Waals surface area contributed by atoms with E-state index in [1.165, 1.54) is 23.0 Å². The van der Waals surface area contributed by atoms with Gasteiger partial charge in [0.1, 0.15) is 22.3 Å². The minimum atomic E-state index is -0.222. The van der Waals surface area contributed by atoms with E-state index in [2.05, 4.69) is 15.3 Å². The minimum absolute atomic E-state index is 0.178. The smallest absolute Gasteiger partial charge is 0.234 e. The number of rotatable bonds is 4. The van der Waals surface area contributed by atoms with E-state index in [1.54, 1.807) is 29.5 Å². The number of anilines is 1. The molecule has 2 heterocycles. The number of carbonyl (C=O) groups is 1. The Balaban J connectivity index is 1.76. The van der Waals surface area contributed by atoms with Crippen LogP contribution in [0.25, 0.3) is 10.2 Å². The standard InChI is InChI=1S/C17H13ClN4OS2/c1-9-10(2)25-17-15(9)16(20-8-21-17)24-7-14(23)22-13-5-12(18)4-3-11(13)6-19/h3-5,8H,7H2,1-2H3,(H,22,23). The second-order valence-electron chi connectivity index (χ2n) is 5.28. The molecule has 0 aliphatic carbocycles. The van der Waals surface area contributed by atoms with Crippen LogP contribution in [0.15, 0.2) is 29.6 Å². The molecule has 0 saturated heterocycles. The quantitative estimate of drug-likeness (QED) is 0.523. The van der Waals surface area contributed by atoms with E-state index >= 15 is 0 Å². The second-order valence-corrected chi connectivity index (χ2v) is 7.88. The number of hydrogen-bond donors (Lipinski definition) is 1. The first-order chi connectivity index (χ1) is 12.0. The molecule has 0 saturated carbocycles. The Morgan fingerprint density at radius 3 is 2.96 bits per heavy atom. The molecule has 25 heavy (non-hydrogen) atoms. The van der Waals surface area contributed by atoms with Crippen molar-refractivity contribution in [3.63, 3.8) is 0 Å². The number of amides is 1. The van der Waals surface area contributed by atoms with E-state index < -0.39 is 0 Å². The number of aromatic nitrogens is 2. The number of halogens is 1. The van der Waals surface area contributed by atoms with Gasteiger partial charge in [-0.25, -0.2) is 9.97 Å². The molecule has 0 spiro atoms. The van der Waals surface area contributed by atoms with Crippen molar-refractivity contribution in [1.82, 2.24) is 9.97 Å². The molecule has 0 fully saturated rings. The van der Waals surface area contributed by atoms with Crippen LogP contribution in [0.2, 0.25) is 5.02 Å². The van der Waals surface area contributed by atoms with Crippen LogP contribution in [-0.2, 0) is 4.79 Å². The second kappa shape index (κ2) is 7.40. The van der Waals surface area contributed by atoms with Crippen molar-refractivity contribution >= 4 is 56.5 Å². The van der Waals surface area contributed by atoms with Crippen molar-refractivity contribution in [1.29, 1.82) is 5.26 Å². The van der Waals surface area contributed by atoms with E-state index in [1.807, 2.05) is 19.9 Å². The van der Waals surface area contributed by atoms with Gasteiger partial charge >= 0.3 is 0 Å². The lowest BCUT2D eigenvalue weighted by molar-refractivity contribution is -0.113. The van der Waals surface area contributed by atoms with E-state index in [0.29, 0.717) is 16.3 Å². The fraction of sp³-hybridized carbons (Fsp3) is 0.176. The maximum atomic E-state index is 12.3. The summed E-state index contributed by atoms with van der Waals surface area (Å²) >= 11 is 8.90. The minimum Gasteiger partial charge on any atom is -0.324 e. The van der Waals surface area contributed by atoms with Crippen LogP contribution in [0.4, 0.5) is 5.69 Å². The lowest BCUT2D eigenvalue weighted by Crippen LogP contribution is -2.15. The zero-order valence-electron chi connectivity index (χ0n) is 13.5. The summed E-state index contributed by atoms with van der Waals surface area (Å²) in [6.45, 7) is 4.08. The Bertz CT molecular complexity index is 1010. The van der Waals surface area contributed by atoms with Crippen molar-refractivity contribution in [3.05, 3.63) is 45.6 Å². The number of carbonyl (C=O) groups excluding carboxylic acids is 1. The predicted octanol–water partition coefficient (Wildman–Crippen LogP) is 4.56. The summed E-state index contributed by atoms with van der Waals surface area (Å²) < 4.78 is 0. The molecule has 0 unspecified atom stereocenters. The average Bonchev–Trinajstić information content (AvgIpc) is 2.88. The van der Waals surface area contributed by atoms with Gasteiger partial charge in [-0.3, -0.25) is 4.79 Å². The third-order valence-electron chi connectivity index (χ3n) is 3.65. The lowest BCUT2D eigenvalue weighted by Gasteiger charge is -2.08. The molecule has 1 amide bonds. The van der Waals surface area contributed by atoms with Crippen LogP contribution in [0.5, 0.6) is 0 Å². The van der Waals surface area contributed by atoms with Crippen LogP contribution in [0.3, 0.4) is 0 Å². The molecule has 8 heteroatoms. The number of hydrogen-bond acceptors (Lipinski definition) is 6. The first-order valence-electron chi connectivity index (χ1n) is 7.32. The van der Waals surface area contributed by atoms with E-state index in [-0.39, 0.29) is 11.7 Å². The Labute approximate surface area is 158 Å². The van der Waals surface area contributed by atoms with Crippen molar-refractivity contribution in [3.8, 4) is 6.07 Å². The summed E-state index contributed by atoms with van der Waals surface area (Å²) in [5, 5.41) is 14.1. The third kappa shape index (κ3) is 3.76. The molecule has 1 N–H and O–H groups in total. The van der Waals surface area contributed by atoms with Crippen molar-refractivity contribution < 1.29 is 4.79 Å². The zero-order chi connectivity index (χ0) is 18.0. The van der Waals surface area contributed by atoms with E-state index in [4.69, 9.17) is 16.9 Å². The van der Waals surface area contributed by atoms with Gasteiger partial charge in [0.15, 0.2) is 0 Å². The van der Waals surface area contributed by atoms with Gasteiger partial charge in [-0.1, -0.05) is 23.4 Å². The number of benzene rings is 1. The molecule has 5 nitrogen and oxygen atoms in total. The van der Waals surface area contributed by atoms with Crippen molar-refractivity contribution in [2.45, 2.75) is 18.9 Å². The zero-order valence-corrected chi connectivity index (χ0v) is 15.8. The highest BCUT2D eigenvalue weighted by molar-refractivity contribution is 8.00. The normalized spacial score (nSPS) is 10.6. The number of fused-ring (bicyclic) bond motifs is 1. The van der Waals surface area contributed by atoms with Crippen LogP contribution in [-0.4, -0.2) is 21.6 Å². The summed E-state index contributed by atoms with van der Waals surface area (Å²) in [5.74, 6) is -0.0437. The largest absolute Gasteiger partial charge is 0.324 e. The molecule has 0 atom stereocenters. The van der Waals surface area contributed by atoms with E-state index in [9.17, 15) is 4.79 Å². The molecule has 0 radical (unpaired) electrons. The lowest BCUT2D eigenvalue weighted by atomic mass is 10.2. The molecule has 1 aromatic carbocycles. The van der Waals surface area contributed by atoms with Crippen molar-refractivity contribution in [2.24, 2.45) is 0 Å². The molecule has 0 aliphatic rings. The molecule has 0 bridgehead atoms. The maximum absolute atomic E-state index is 12.3. The summed E-state index contributed by atoms with van der Waals surface area (Å²) in [5.41, 5.74) is 1.93. The molecule has 2 aromatic heterocycles. The Kier molecular flexibility index (Phi) is 5.23. The monoisotopic (exact) mass is 388 g/mol. The first-order valence-corrected chi connectivity index (χ1v) is 9.50. The number of nitrogens with one attached hydrogen (secondary N) is 1. The first kappa shape index (κ1) is 17.7. The topological polar surface area (TPSA) is 78.7 Å². The summed E-state index contributed by atoms with van der Waals surface area (Å²) in [4.78, 5) is 23.0. The van der Waals surface area contributed by atoms with Gasteiger partial charge in [-0.05, 0) is 37.6 Å². The number of nitrogens with zero attached hydrogens (tertiary/aromatic N) is 3. The Morgan fingerprint density at radius 2 is 2.20 bits per heavy atom. The highest BCUT2D eigenvalue weighted by Crippen LogP contribution is 2.34. The number of aryl methyl sites for hydroxylation is 2. The highest BCUT2D eigenvalue weighted by Gasteiger charge is 2.14. The molecular weight excluding hydrogens is 376 g/mol. The summed E-state index contributed by atoms with van der Waals surface area (Å²) in [7, 11) is 0. The van der Waals surface area contributed by atoms with Gasteiger partial charge in [-0.15, -0.1) is 11.3 Å². The molecule has 0 aliphatic heterocycles. The Hall–Kier alpha value is -2.14. The number of nitriles is 1. The highest BCUT2D eigenvalue weighted by atomic mass is 35.5. The Morgan fingerprint density at radius 1 is 1.40 bits per heavy atom. The predicted molar refractivity (Wildman–Crippen MR) is 102 cm³/mol. The molecule has 3 aromatic rings. The fourth-order valence-corrected chi connectivity index (χ4v) is 4.39. The van der Waals surface area contributed by atoms with Crippen LogP contribution >= 0.6 is 34.7 Å². The van der Waals surface area contributed by atoms with Gasteiger partial charge < -0.3 is 5.32 Å². The van der Waals surface area contributed by atoms with Gasteiger partial charge in [0.05, 0.1) is 17.0 Å². The van der Waals surface area contributed by atoms with Gasteiger partial charge in [0.25, 0.3) is 0 Å². The van der Waals surface area contributed by atoms with Gasteiger partial charge in [0.2, 0.25) is 5.91 Å². The maximum Gasteiger partial charge on any atom is 0.234 e. The molecule has 126 valence electrons. The van der Waals surface area contributed by atoms with Crippen LogP contribution in [0.1, 0.15) is 16.0 Å². The number of thiophene rings is 1. The average molecular weight is 389 g/mol. The van der Waals surface area contributed by atoms with E-state index in [0.717, 1.165) is 20.8 Å². The number of thioether (sulfide) groups is 1. The summed E-state index contributed by atoms with van der Waals surface area (Å²) in [6, 6.07) is 6.80. The molecule has 3 rings (SSSR count). The molecular formula is C17H13ClN4OS2. The summed E-state index contributed by atoms with van der Waals surface area (Å²) in [6.07, 6.45) is 1.52. The SMILES string of the molecule is Cc1sc2ncnc(SCC(=O)Nc3cc(Cl)ccc3C#N)c2c1C. The fourth-order valence-electron chi connectivity index (χ4n) is 2.30. The van der Waals surface area contributed by atoms with Crippen molar-refractivity contribution in [2.75, 3.05) is 11.1 Å². The van der Waals surface area contributed by atoms with Gasteiger partial charge in [0, 0.05) is 15.3 Å².